The summed E-state index contributed by atoms with van der Waals surface area (Å²) in [7, 11) is 0. The Bertz CT molecular complexity index is 1100. The molecule has 160 valence electrons. The third-order valence-corrected chi connectivity index (χ3v) is 4.98. The first-order valence-corrected chi connectivity index (χ1v) is 10.0. The number of fused-ring (bicyclic) bond motifs is 3. The largest absolute Gasteiger partial charge is 0.506 e. The molecule has 0 aliphatic carbocycles. The quantitative estimate of drug-likeness (QED) is 0.416. The number of esters is 1. The van der Waals surface area contributed by atoms with Crippen LogP contribution in [0.25, 0.3) is 17.0 Å². The molecule has 0 fully saturated rings. The Morgan fingerprint density at radius 2 is 1.97 bits per heavy atom. The Balaban J connectivity index is 2.49. The molecule has 2 heterocycles. The molecule has 1 atom stereocenters. The van der Waals surface area contributed by atoms with Gasteiger partial charge in [-0.25, -0.2) is 4.79 Å². The third-order valence-electron chi connectivity index (χ3n) is 4.98. The van der Waals surface area contributed by atoms with Gasteiger partial charge in [0.05, 0.1) is 10.9 Å². The van der Waals surface area contributed by atoms with Crippen molar-refractivity contribution in [2.75, 3.05) is 0 Å². The van der Waals surface area contributed by atoms with Gasteiger partial charge in [0.1, 0.15) is 28.8 Å². The molecule has 1 aromatic carbocycles. The lowest BCUT2D eigenvalue weighted by Crippen LogP contribution is -2.28. The van der Waals surface area contributed by atoms with E-state index < -0.39 is 23.3 Å². The molecule has 1 N–H and O–H groups in total. The second-order valence-electron chi connectivity index (χ2n) is 7.91. The summed E-state index contributed by atoms with van der Waals surface area (Å²) in [6.07, 6.45) is 3.85. The molecule has 0 saturated carbocycles. The number of aromatic hydroxyl groups is 1. The Morgan fingerprint density at radius 1 is 1.27 bits per heavy atom. The highest BCUT2D eigenvalue weighted by atomic mass is 16.5. The second-order valence-corrected chi connectivity index (χ2v) is 7.91. The van der Waals surface area contributed by atoms with Gasteiger partial charge in [-0.15, -0.1) is 0 Å². The van der Waals surface area contributed by atoms with Crippen LogP contribution in [0.15, 0.2) is 21.4 Å². The lowest BCUT2D eigenvalue weighted by molar-refractivity contribution is -0.146. The van der Waals surface area contributed by atoms with Crippen molar-refractivity contribution >= 4 is 28.8 Å². The van der Waals surface area contributed by atoms with E-state index in [-0.39, 0.29) is 34.8 Å². The lowest BCUT2D eigenvalue weighted by atomic mass is 9.91. The Labute approximate surface area is 174 Å². The van der Waals surface area contributed by atoms with Crippen LogP contribution in [0.4, 0.5) is 0 Å². The second kappa shape index (κ2) is 7.97. The van der Waals surface area contributed by atoms with Crippen LogP contribution in [-0.2, 0) is 9.53 Å². The van der Waals surface area contributed by atoms with Crippen LogP contribution < -0.4 is 10.4 Å². The highest BCUT2D eigenvalue weighted by molar-refractivity contribution is 6.12. The number of carbonyl (C=O) groups is 2. The van der Waals surface area contributed by atoms with Crippen LogP contribution in [0.3, 0.4) is 0 Å². The van der Waals surface area contributed by atoms with Crippen LogP contribution in [0.2, 0.25) is 0 Å². The fourth-order valence-electron chi connectivity index (χ4n) is 3.68. The van der Waals surface area contributed by atoms with Crippen molar-refractivity contribution in [2.24, 2.45) is 0 Å². The van der Waals surface area contributed by atoms with Gasteiger partial charge in [-0.3, -0.25) is 9.59 Å². The lowest BCUT2D eigenvalue weighted by Gasteiger charge is -2.30. The molecule has 1 aliphatic rings. The molecule has 0 amide bonds. The molecule has 0 saturated heterocycles. The molecule has 0 bridgehead atoms. The molecule has 0 spiro atoms. The minimum absolute atomic E-state index is 0.0519. The van der Waals surface area contributed by atoms with Gasteiger partial charge in [0.25, 0.3) is 0 Å². The number of phenolic OH excluding ortho intramolecular Hbond substituents is 1. The van der Waals surface area contributed by atoms with E-state index in [1.807, 2.05) is 27.7 Å². The summed E-state index contributed by atoms with van der Waals surface area (Å²) in [6, 6.07) is 1.25. The summed E-state index contributed by atoms with van der Waals surface area (Å²) in [4.78, 5) is 36.9. The Morgan fingerprint density at radius 3 is 2.57 bits per heavy atom. The number of benzene rings is 1. The Kier molecular flexibility index (Phi) is 5.74. The minimum Gasteiger partial charge on any atom is -0.506 e. The summed E-state index contributed by atoms with van der Waals surface area (Å²) in [5.41, 5.74) is -0.809. The molecule has 1 aliphatic heterocycles. The molecular formula is C23H26O7. The van der Waals surface area contributed by atoms with E-state index in [0.717, 1.165) is 0 Å². The van der Waals surface area contributed by atoms with Crippen molar-refractivity contribution < 1.29 is 28.6 Å². The Hall–Kier alpha value is -3.09. The van der Waals surface area contributed by atoms with E-state index in [9.17, 15) is 19.5 Å². The minimum atomic E-state index is -0.741. The summed E-state index contributed by atoms with van der Waals surface area (Å²) in [5, 5.41) is 11.3. The maximum Gasteiger partial charge on any atom is 0.336 e. The molecular weight excluding hydrogens is 388 g/mol. The first-order chi connectivity index (χ1) is 14.1. The van der Waals surface area contributed by atoms with Crippen LogP contribution in [0.1, 0.15) is 81.5 Å². The standard InChI is InChI=1S/C23H26O7/c1-6-8-15(25)19-20(27)13-9-10-23(4,5)30-21(13)18-14(11-17(26)29-22(18)19)16(7-2)28-12(3)24/h9-11,16,27H,6-8H2,1-5H3. The molecule has 2 aromatic rings. The van der Waals surface area contributed by atoms with E-state index in [0.29, 0.717) is 29.4 Å². The van der Waals surface area contributed by atoms with E-state index in [1.165, 1.54) is 13.0 Å². The SMILES string of the molecule is CCCC(=O)c1c(O)c2c(c3c(C(CC)OC(C)=O)cc(=O)oc13)OC(C)(C)C=C2. The average Bonchev–Trinajstić information content (AvgIpc) is 2.64. The van der Waals surface area contributed by atoms with E-state index in [1.54, 1.807) is 12.2 Å². The number of Topliss-reactive ketones (excluding diaryl/α,β-unsaturated/α-hetero) is 1. The maximum atomic E-state index is 12.9. The molecule has 0 radical (unpaired) electrons. The monoisotopic (exact) mass is 414 g/mol. The van der Waals surface area contributed by atoms with Gasteiger partial charge in [0, 0.05) is 25.0 Å². The number of ketones is 1. The average molecular weight is 414 g/mol. The smallest absolute Gasteiger partial charge is 0.336 e. The fraction of sp³-hybridized carbons (Fsp3) is 0.435. The highest BCUT2D eigenvalue weighted by Gasteiger charge is 2.33. The first-order valence-electron chi connectivity index (χ1n) is 10.0. The number of rotatable bonds is 6. The number of hydrogen-bond donors (Lipinski definition) is 1. The van der Waals surface area contributed by atoms with E-state index in [4.69, 9.17) is 13.9 Å². The number of ether oxygens (including phenoxy) is 2. The van der Waals surface area contributed by atoms with Crippen LogP contribution in [0.5, 0.6) is 11.5 Å². The van der Waals surface area contributed by atoms with Gasteiger partial charge in [-0.2, -0.15) is 0 Å². The summed E-state index contributed by atoms with van der Waals surface area (Å²) < 4.78 is 17.0. The zero-order chi connectivity index (χ0) is 22.2. The number of phenols is 1. The first kappa shape index (κ1) is 21.6. The van der Waals surface area contributed by atoms with E-state index >= 15 is 0 Å². The van der Waals surface area contributed by atoms with Gasteiger partial charge < -0.3 is 19.0 Å². The third kappa shape index (κ3) is 3.84. The van der Waals surface area contributed by atoms with Crippen molar-refractivity contribution in [3.63, 3.8) is 0 Å². The highest BCUT2D eigenvalue weighted by Crippen LogP contribution is 2.47. The zero-order valence-electron chi connectivity index (χ0n) is 17.8. The molecule has 30 heavy (non-hydrogen) atoms. The molecule has 7 nitrogen and oxygen atoms in total. The normalized spacial score (nSPS) is 15.4. The van der Waals surface area contributed by atoms with Gasteiger partial charge in [0.2, 0.25) is 0 Å². The van der Waals surface area contributed by atoms with Gasteiger partial charge in [-0.05, 0) is 38.8 Å². The van der Waals surface area contributed by atoms with Crippen molar-refractivity contribution in [1.29, 1.82) is 0 Å². The predicted octanol–water partition coefficient (Wildman–Crippen LogP) is 4.68. The van der Waals surface area contributed by atoms with Crippen molar-refractivity contribution in [3.05, 3.63) is 39.3 Å². The molecule has 1 unspecified atom stereocenters. The van der Waals surface area contributed by atoms with Crippen molar-refractivity contribution in [1.82, 2.24) is 0 Å². The zero-order valence-corrected chi connectivity index (χ0v) is 17.8. The summed E-state index contributed by atoms with van der Waals surface area (Å²) in [5.74, 6) is -0.850. The summed E-state index contributed by atoms with van der Waals surface area (Å²) in [6.45, 7) is 8.63. The van der Waals surface area contributed by atoms with Crippen LogP contribution in [-0.4, -0.2) is 22.5 Å². The fourth-order valence-corrected chi connectivity index (χ4v) is 3.68. The number of carbonyl (C=O) groups excluding carboxylic acids is 2. The molecule has 7 heteroatoms. The molecule has 3 rings (SSSR count). The molecule has 1 aromatic heterocycles. The van der Waals surface area contributed by atoms with Gasteiger partial charge >= 0.3 is 11.6 Å². The van der Waals surface area contributed by atoms with Crippen LogP contribution in [0, 0.1) is 0 Å². The topological polar surface area (TPSA) is 103 Å². The van der Waals surface area contributed by atoms with Crippen molar-refractivity contribution in [2.45, 2.75) is 65.6 Å². The number of hydrogen-bond acceptors (Lipinski definition) is 7. The van der Waals surface area contributed by atoms with Crippen molar-refractivity contribution in [3.8, 4) is 11.5 Å². The van der Waals surface area contributed by atoms with Gasteiger partial charge in [-0.1, -0.05) is 13.8 Å². The van der Waals surface area contributed by atoms with Crippen LogP contribution >= 0.6 is 0 Å². The van der Waals surface area contributed by atoms with E-state index in [2.05, 4.69) is 0 Å². The predicted molar refractivity (Wildman–Crippen MR) is 112 cm³/mol. The van der Waals surface area contributed by atoms with Gasteiger partial charge in [0.15, 0.2) is 11.4 Å². The maximum absolute atomic E-state index is 12.9. The summed E-state index contributed by atoms with van der Waals surface area (Å²) >= 11 is 0.